The molecule has 0 radical (unpaired) electrons. The van der Waals surface area contributed by atoms with E-state index in [4.69, 9.17) is 16.3 Å². The molecule has 1 aromatic heterocycles. The van der Waals surface area contributed by atoms with Crippen LogP contribution in [0.3, 0.4) is 0 Å². The number of hydrogen-bond donors (Lipinski definition) is 0. The van der Waals surface area contributed by atoms with Gasteiger partial charge in [0.05, 0.1) is 11.3 Å². The van der Waals surface area contributed by atoms with Crippen molar-refractivity contribution in [3.05, 3.63) is 28.0 Å². The van der Waals surface area contributed by atoms with Crippen molar-refractivity contribution in [3.63, 3.8) is 0 Å². The van der Waals surface area contributed by atoms with E-state index in [2.05, 4.69) is 4.98 Å². The fourth-order valence-electron chi connectivity index (χ4n) is 2.07. The summed E-state index contributed by atoms with van der Waals surface area (Å²) >= 11 is 5.58. The molecular formula is C11H9ClF3NO2. The molecule has 18 heavy (non-hydrogen) atoms. The topological polar surface area (TPSA) is 39.2 Å². The van der Waals surface area contributed by atoms with Crippen LogP contribution in [0.25, 0.3) is 0 Å². The Morgan fingerprint density at radius 3 is 2.78 bits per heavy atom. The monoisotopic (exact) mass is 279 g/mol. The maximum Gasteiger partial charge on any atom is 0.416 e. The van der Waals surface area contributed by atoms with Crippen LogP contribution in [0.4, 0.5) is 13.2 Å². The molecule has 0 bridgehead atoms. The molecule has 0 N–H and O–H groups in total. The quantitative estimate of drug-likeness (QED) is 0.585. The molecule has 0 spiro atoms. The maximum atomic E-state index is 12.8. The number of esters is 1. The zero-order chi connectivity index (χ0) is 13.5. The van der Waals surface area contributed by atoms with E-state index in [9.17, 15) is 18.0 Å². The van der Waals surface area contributed by atoms with Gasteiger partial charge in [0.25, 0.3) is 0 Å². The van der Waals surface area contributed by atoms with Crippen molar-refractivity contribution in [2.24, 2.45) is 0 Å². The third kappa shape index (κ3) is 2.43. The molecule has 1 unspecified atom stereocenters. The van der Waals surface area contributed by atoms with Crippen LogP contribution in [0.15, 0.2) is 6.07 Å². The Morgan fingerprint density at radius 2 is 2.22 bits per heavy atom. The van der Waals surface area contributed by atoms with Crippen LogP contribution in [-0.2, 0) is 22.1 Å². The fourth-order valence-corrected chi connectivity index (χ4v) is 2.27. The normalized spacial score (nSPS) is 18.6. The Kier molecular flexibility index (Phi) is 3.23. The van der Waals surface area contributed by atoms with Crippen molar-refractivity contribution in [3.8, 4) is 0 Å². The van der Waals surface area contributed by atoms with Gasteiger partial charge in [0.1, 0.15) is 11.3 Å². The third-order valence-corrected chi connectivity index (χ3v) is 2.89. The van der Waals surface area contributed by atoms with Crippen LogP contribution in [0.1, 0.15) is 36.3 Å². The molecule has 0 aromatic carbocycles. The van der Waals surface area contributed by atoms with E-state index in [1.54, 1.807) is 0 Å². The highest BCUT2D eigenvalue weighted by Gasteiger charge is 2.39. The zero-order valence-corrected chi connectivity index (χ0v) is 10.1. The summed E-state index contributed by atoms with van der Waals surface area (Å²) in [6, 6.07) is 0.802. The second-order valence-corrected chi connectivity index (χ2v) is 4.38. The summed E-state index contributed by atoms with van der Waals surface area (Å²) in [4.78, 5) is 14.7. The molecule has 3 nitrogen and oxygen atoms in total. The van der Waals surface area contributed by atoms with E-state index < -0.39 is 23.8 Å². The van der Waals surface area contributed by atoms with E-state index in [-0.39, 0.29) is 22.8 Å². The van der Waals surface area contributed by atoms with Crippen LogP contribution < -0.4 is 0 Å². The summed E-state index contributed by atoms with van der Waals surface area (Å²) in [5, 5.41) is -0.250. The van der Waals surface area contributed by atoms with Gasteiger partial charge in [0.15, 0.2) is 0 Å². The summed E-state index contributed by atoms with van der Waals surface area (Å²) in [5.41, 5.74) is -0.615. The molecule has 7 heteroatoms. The van der Waals surface area contributed by atoms with Gasteiger partial charge in [-0.15, -0.1) is 0 Å². The Morgan fingerprint density at radius 1 is 1.56 bits per heavy atom. The van der Waals surface area contributed by atoms with Gasteiger partial charge in [-0.25, -0.2) is 4.98 Å². The highest BCUT2D eigenvalue weighted by Crippen LogP contribution is 2.42. The van der Waals surface area contributed by atoms with Gasteiger partial charge in [0.2, 0.25) is 0 Å². The number of alkyl halides is 3. The number of halogens is 4. The molecule has 0 amide bonds. The van der Waals surface area contributed by atoms with Crippen LogP contribution >= 0.6 is 11.6 Å². The standard InChI is InChI=1S/C11H9ClF3NO2/c1-5(17)18-8-3-2-6-7(11(13,14)15)4-9(12)16-10(6)8/h4,8H,2-3H2,1H3. The Hall–Kier alpha value is -1.30. The highest BCUT2D eigenvalue weighted by molar-refractivity contribution is 6.29. The largest absolute Gasteiger partial charge is 0.456 e. The average Bonchev–Trinajstić information content (AvgIpc) is 2.58. The van der Waals surface area contributed by atoms with Gasteiger partial charge in [-0.3, -0.25) is 4.79 Å². The van der Waals surface area contributed by atoms with Crippen molar-refractivity contribution in [2.45, 2.75) is 32.0 Å². The summed E-state index contributed by atoms with van der Waals surface area (Å²) in [7, 11) is 0. The number of ether oxygens (including phenoxy) is 1. The number of aromatic nitrogens is 1. The molecule has 1 aliphatic rings. The molecule has 1 heterocycles. The molecule has 1 atom stereocenters. The van der Waals surface area contributed by atoms with Crippen molar-refractivity contribution in [1.82, 2.24) is 4.98 Å². The van der Waals surface area contributed by atoms with Gasteiger partial charge in [-0.05, 0) is 24.5 Å². The number of nitrogens with zero attached hydrogens (tertiary/aromatic N) is 1. The van der Waals surface area contributed by atoms with Crippen LogP contribution in [0.5, 0.6) is 0 Å². The van der Waals surface area contributed by atoms with Gasteiger partial charge in [-0.1, -0.05) is 11.6 Å². The van der Waals surface area contributed by atoms with Gasteiger partial charge >= 0.3 is 12.1 Å². The first kappa shape index (κ1) is 13.1. The molecule has 1 aliphatic carbocycles. The maximum absolute atomic E-state index is 12.8. The van der Waals surface area contributed by atoms with Gasteiger partial charge < -0.3 is 4.74 Å². The highest BCUT2D eigenvalue weighted by atomic mass is 35.5. The Labute approximate surface area is 106 Å². The first-order valence-electron chi connectivity index (χ1n) is 5.22. The third-order valence-electron chi connectivity index (χ3n) is 2.70. The van der Waals surface area contributed by atoms with E-state index in [1.807, 2.05) is 0 Å². The van der Waals surface area contributed by atoms with Crippen molar-refractivity contribution < 1.29 is 22.7 Å². The van der Waals surface area contributed by atoms with Crippen molar-refractivity contribution >= 4 is 17.6 Å². The van der Waals surface area contributed by atoms with Gasteiger partial charge in [-0.2, -0.15) is 13.2 Å². The summed E-state index contributed by atoms with van der Waals surface area (Å²) in [5.74, 6) is -0.553. The van der Waals surface area contributed by atoms with E-state index in [0.717, 1.165) is 6.07 Å². The molecule has 0 saturated carbocycles. The molecule has 2 rings (SSSR count). The van der Waals surface area contributed by atoms with E-state index in [0.29, 0.717) is 6.42 Å². The lowest BCUT2D eigenvalue weighted by Gasteiger charge is -2.14. The molecule has 0 fully saturated rings. The minimum absolute atomic E-state index is 0.0677. The Balaban J connectivity index is 2.48. The smallest absolute Gasteiger partial charge is 0.416 e. The predicted octanol–water partition coefficient (Wildman–Crippen LogP) is 3.30. The number of rotatable bonds is 1. The second kappa shape index (κ2) is 4.42. The van der Waals surface area contributed by atoms with Gasteiger partial charge in [0, 0.05) is 6.92 Å². The Bertz CT molecular complexity index is 502. The summed E-state index contributed by atoms with van der Waals surface area (Å²) in [6.45, 7) is 1.20. The molecule has 98 valence electrons. The number of carbonyl (C=O) groups is 1. The molecule has 1 aromatic rings. The number of hydrogen-bond acceptors (Lipinski definition) is 3. The second-order valence-electron chi connectivity index (χ2n) is 3.99. The first-order valence-corrected chi connectivity index (χ1v) is 5.60. The van der Waals surface area contributed by atoms with E-state index >= 15 is 0 Å². The van der Waals surface area contributed by atoms with E-state index in [1.165, 1.54) is 6.92 Å². The first-order chi connectivity index (χ1) is 8.29. The fraction of sp³-hybridized carbons (Fsp3) is 0.455. The predicted molar refractivity (Wildman–Crippen MR) is 57.1 cm³/mol. The lowest BCUT2D eigenvalue weighted by atomic mass is 10.1. The van der Waals surface area contributed by atoms with Crippen molar-refractivity contribution in [1.29, 1.82) is 0 Å². The number of pyridine rings is 1. The minimum atomic E-state index is -4.48. The zero-order valence-electron chi connectivity index (χ0n) is 9.34. The molecule has 0 saturated heterocycles. The van der Waals surface area contributed by atoms with Crippen LogP contribution in [0.2, 0.25) is 5.15 Å². The summed E-state index contributed by atoms with van der Waals surface area (Å²) < 4.78 is 43.4. The van der Waals surface area contributed by atoms with Crippen molar-refractivity contribution in [2.75, 3.05) is 0 Å². The molecular weight excluding hydrogens is 271 g/mol. The summed E-state index contributed by atoms with van der Waals surface area (Å²) in [6.07, 6.45) is -4.75. The van der Waals surface area contributed by atoms with Crippen LogP contribution in [-0.4, -0.2) is 11.0 Å². The lowest BCUT2D eigenvalue weighted by Crippen LogP contribution is -2.12. The average molecular weight is 280 g/mol. The van der Waals surface area contributed by atoms with Crippen LogP contribution in [0, 0.1) is 0 Å². The SMILES string of the molecule is CC(=O)OC1CCc2c(C(F)(F)F)cc(Cl)nc21. The minimum Gasteiger partial charge on any atom is -0.456 e. The number of fused-ring (bicyclic) bond motifs is 1. The lowest BCUT2D eigenvalue weighted by molar-refractivity contribution is -0.146. The molecule has 0 aliphatic heterocycles. The number of carbonyl (C=O) groups excluding carboxylic acids is 1.